The number of amides is 1. The number of rotatable bonds is 5. The lowest BCUT2D eigenvalue weighted by Crippen LogP contribution is -2.17. The molecule has 1 aromatic carbocycles. The second-order valence-corrected chi connectivity index (χ2v) is 11.8. The number of thiophene rings is 2. The van der Waals surface area contributed by atoms with Crippen LogP contribution in [-0.4, -0.2) is 21.5 Å². The summed E-state index contributed by atoms with van der Waals surface area (Å²) in [5.74, 6) is 5.41. The van der Waals surface area contributed by atoms with Crippen molar-refractivity contribution in [3.63, 3.8) is 0 Å². The molecule has 1 amide bonds. The second kappa shape index (κ2) is 9.28. The molecule has 1 aliphatic carbocycles. The van der Waals surface area contributed by atoms with E-state index in [-0.39, 0.29) is 5.15 Å². The predicted octanol–water partition coefficient (Wildman–Crippen LogP) is 7.21. The molecule has 0 spiro atoms. The van der Waals surface area contributed by atoms with Crippen molar-refractivity contribution >= 4 is 73.0 Å². The van der Waals surface area contributed by atoms with Crippen LogP contribution in [0.2, 0.25) is 5.15 Å². The predicted molar refractivity (Wildman–Crippen MR) is 141 cm³/mol. The third kappa shape index (κ3) is 4.67. The van der Waals surface area contributed by atoms with Crippen LogP contribution in [0.25, 0.3) is 9.40 Å². The highest BCUT2D eigenvalue weighted by molar-refractivity contribution is 7.38. The van der Waals surface area contributed by atoms with Crippen molar-refractivity contribution in [1.82, 2.24) is 4.37 Å². The Balaban J connectivity index is 1.30. The Hall–Kier alpha value is -2.90. The highest BCUT2D eigenvalue weighted by atomic mass is 35.5. The second-order valence-electron chi connectivity index (χ2n) is 8.31. The zero-order valence-corrected chi connectivity index (χ0v) is 21.9. The van der Waals surface area contributed by atoms with Gasteiger partial charge in [-0.2, -0.15) is 4.37 Å². The summed E-state index contributed by atoms with van der Waals surface area (Å²) < 4.78 is 10.7. The van der Waals surface area contributed by atoms with Crippen molar-refractivity contribution in [2.45, 2.75) is 38.2 Å². The number of benzene rings is 1. The van der Waals surface area contributed by atoms with Gasteiger partial charge in [0, 0.05) is 10.3 Å². The third-order valence-electron chi connectivity index (χ3n) is 5.93. The quantitative estimate of drug-likeness (QED) is 0.260. The van der Waals surface area contributed by atoms with E-state index in [1.165, 1.54) is 22.7 Å². The average molecular weight is 543 g/mol. The first-order chi connectivity index (χ1) is 16.8. The number of nitrogens with one attached hydrogen (secondary N) is 1. The molecule has 1 aliphatic rings. The lowest BCUT2D eigenvalue weighted by atomic mass is 10.1. The van der Waals surface area contributed by atoms with Crippen molar-refractivity contribution in [2.24, 2.45) is 0 Å². The molecule has 3 aromatic heterocycles. The zero-order chi connectivity index (χ0) is 24.7. The van der Waals surface area contributed by atoms with Crippen LogP contribution in [0.1, 0.15) is 51.6 Å². The van der Waals surface area contributed by atoms with Gasteiger partial charge in [-0.3, -0.25) is 10.1 Å². The minimum Gasteiger partial charge on any atom is -0.481 e. The molecule has 5 rings (SSSR count). The Morgan fingerprint density at radius 3 is 2.69 bits per heavy atom. The molecule has 1 fully saturated rings. The van der Waals surface area contributed by atoms with Crippen LogP contribution < -0.4 is 5.32 Å². The molecule has 2 N–H and O–H groups in total. The molecule has 35 heavy (non-hydrogen) atoms. The molecule has 1 atom stereocenters. The number of aryl methyl sites for hydroxylation is 1. The Kier molecular flexibility index (Phi) is 6.32. The van der Waals surface area contributed by atoms with Gasteiger partial charge in [0.15, 0.2) is 5.15 Å². The van der Waals surface area contributed by atoms with Gasteiger partial charge in [0.25, 0.3) is 0 Å². The lowest BCUT2D eigenvalue weighted by molar-refractivity contribution is -0.139. The summed E-state index contributed by atoms with van der Waals surface area (Å²) in [4.78, 5) is 26.4. The van der Waals surface area contributed by atoms with E-state index in [0.29, 0.717) is 23.4 Å². The highest BCUT2D eigenvalue weighted by Gasteiger charge is 2.53. The molecule has 10 heteroatoms. The van der Waals surface area contributed by atoms with Gasteiger partial charge < -0.3 is 9.84 Å². The number of fused-ring (bicyclic) bond motifs is 1. The molecule has 1 saturated carbocycles. The van der Waals surface area contributed by atoms with Crippen LogP contribution in [0.3, 0.4) is 0 Å². The lowest BCUT2D eigenvalue weighted by Gasteiger charge is -2.16. The van der Waals surface area contributed by atoms with Crippen LogP contribution in [0.4, 0.5) is 10.5 Å². The van der Waals surface area contributed by atoms with Crippen LogP contribution in [-0.2, 0) is 14.9 Å². The summed E-state index contributed by atoms with van der Waals surface area (Å²) in [6.07, 6.45) is 0.312. The molecule has 0 aliphatic heterocycles. The molecular formula is C25H19ClN2O4S3. The van der Waals surface area contributed by atoms with Gasteiger partial charge in [-0.25, -0.2) is 4.79 Å². The maximum atomic E-state index is 12.5. The number of hydrogen-bond acceptors (Lipinski definition) is 7. The number of aromatic nitrogens is 1. The first kappa shape index (κ1) is 23.8. The van der Waals surface area contributed by atoms with Crippen LogP contribution in [0.5, 0.6) is 0 Å². The van der Waals surface area contributed by atoms with E-state index in [1.807, 2.05) is 50.2 Å². The van der Waals surface area contributed by atoms with Gasteiger partial charge >= 0.3 is 12.1 Å². The molecule has 3 heterocycles. The van der Waals surface area contributed by atoms with Crippen LogP contribution in [0.15, 0.2) is 36.4 Å². The van der Waals surface area contributed by atoms with Crippen molar-refractivity contribution in [3.05, 3.63) is 67.3 Å². The number of aliphatic carboxylic acids is 1. The van der Waals surface area contributed by atoms with Gasteiger partial charge in [0.2, 0.25) is 0 Å². The standard InChI is InChI=1S/C25H19ClN2O4S3/c1-13-5-3-4-6-17(13)14(2)32-24(31)27-20-18(35-28-21(20)26)8-7-16-11-15-12-19(34-22(15)33-16)25(9-10-25)23(29)30/h3-6,11-12,14H,9-10H2,1-2H3,(H,27,31)(H,29,30). The number of ether oxygens (including phenoxy) is 1. The van der Waals surface area contributed by atoms with E-state index in [9.17, 15) is 14.7 Å². The zero-order valence-electron chi connectivity index (χ0n) is 18.7. The fourth-order valence-electron chi connectivity index (χ4n) is 3.81. The van der Waals surface area contributed by atoms with E-state index in [4.69, 9.17) is 16.3 Å². The average Bonchev–Trinajstić information content (AvgIpc) is 3.25. The Morgan fingerprint density at radius 1 is 1.23 bits per heavy atom. The minimum atomic E-state index is -0.750. The van der Waals surface area contributed by atoms with Gasteiger partial charge in [0.1, 0.15) is 22.1 Å². The number of carboxylic acids is 1. The van der Waals surface area contributed by atoms with Gasteiger partial charge in [-0.05, 0) is 73.3 Å². The summed E-state index contributed by atoms with van der Waals surface area (Å²) in [6.45, 7) is 3.78. The fourth-order valence-corrected chi connectivity index (χ4v) is 7.25. The Labute approximate surface area is 218 Å². The number of anilines is 1. The van der Waals surface area contributed by atoms with Crippen molar-refractivity contribution in [2.75, 3.05) is 5.32 Å². The number of nitrogens with zero attached hydrogens (tertiary/aromatic N) is 1. The summed E-state index contributed by atoms with van der Waals surface area (Å²) in [6, 6.07) is 11.6. The van der Waals surface area contributed by atoms with Crippen LogP contribution >= 0.6 is 45.8 Å². The summed E-state index contributed by atoms with van der Waals surface area (Å²) >= 11 is 10.3. The molecule has 6 nitrogen and oxygen atoms in total. The smallest absolute Gasteiger partial charge is 0.412 e. The normalized spacial score (nSPS) is 14.7. The number of carbonyl (C=O) groups is 2. The number of carbonyl (C=O) groups excluding carboxylic acids is 1. The molecule has 178 valence electrons. The molecular weight excluding hydrogens is 524 g/mol. The fraction of sp³-hybridized carbons (Fsp3) is 0.240. The maximum Gasteiger partial charge on any atom is 0.412 e. The molecule has 4 aromatic rings. The van der Waals surface area contributed by atoms with Gasteiger partial charge in [0.05, 0.1) is 8.89 Å². The minimum absolute atomic E-state index is 0.153. The van der Waals surface area contributed by atoms with E-state index < -0.39 is 23.6 Å². The van der Waals surface area contributed by atoms with Crippen molar-refractivity contribution in [1.29, 1.82) is 0 Å². The summed E-state index contributed by atoms with van der Waals surface area (Å²) in [5.41, 5.74) is 1.59. The van der Waals surface area contributed by atoms with Gasteiger partial charge in [-0.1, -0.05) is 35.9 Å². The highest BCUT2D eigenvalue weighted by Crippen LogP contribution is 2.52. The first-order valence-corrected chi connectivity index (χ1v) is 13.5. The summed E-state index contributed by atoms with van der Waals surface area (Å²) in [7, 11) is 0. The third-order valence-corrected chi connectivity index (χ3v) is 9.58. The van der Waals surface area contributed by atoms with E-state index >= 15 is 0 Å². The number of halogens is 1. The monoisotopic (exact) mass is 542 g/mol. The SMILES string of the molecule is Cc1ccccc1C(C)OC(=O)Nc1c(Cl)nsc1C#Cc1cc2cc(C3(C(=O)O)CC3)sc2s1. The van der Waals surface area contributed by atoms with Crippen molar-refractivity contribution < 1.29 is 19.4 Å². The van der Waals surface area contributed by atoms with E-state index in [0.717, 1.165) is 41.8 Å². The van der Waals surface area contributed by atoms with E-state index in [2.05, 4.69) is 21.5 Å². The summed E-state index contributed by atoms with van der Waals surface area (Å²) in [5, 5.41) is 13.4. The number of carboxylic acid groups (broad SMARTS) is 1. The van der Waals surface area contributed by atoms with Crippen LogP contribution in [0, 0.1) is 18.8 Å². The molecule has 0 bridgehead atoms. The molecule has 0 saturated heterocycles. The molecule has 1 unspecified atom stereocenters. The Bertz CT molecular complexity index is 1490. The molecule has 0 radical (unpaired) electrons. The van der Waals surface area contributed by atoms with E-state index in [1.54, 1.807) is 0 Å². The van der Waals surface area contributed by atoms with Crippen molar-refractivity contribution in [3.8, 4) is 11.8 Å². The largest absolute Gasteiger partial charge is 0.481 e. The number of hydrogen-bond donors (Lipinski definition) is 2. The maximum absolute atomic E-state index is 12.5. The topological polar surface area (TPSA) is 88.5 Å². The Morgan fingerprint density at radius 2 is 2.00 bits per heavy atom. The first-order valence-electron chi connectivity index (χ1n) is 10.7. The van der Waals surface area contributed by atoms with Gasteiger partial charge in [-0.15, -0.1) is 22.7 Å².